The average molecular weight is 510 g/mol. The predicted molar refractivity (Wildman–Crippen MR) is 137 cm³/mol. The summed E-state index contributed by atoms with van der Waals surface area (Å²) in [4.78, 5) is 27.0. The molecule has 6 N–H and O–H groups in total. The van der Waals surface area contributed by atoms with E-state index in [1.807, 2.05) is 0 Å². The van der Waals surface area contributed by atoms with E-state index in [1.165, 1.54) is 12.1 Å². The molecule has 6 rings (SSSR count). The summed E-state index contributed by atoms with van der Waals surface area (Å²) in [6.45, 7) is 3.51. The van der Waals surface area contributed by atoms with Crippen LogP contribution < -0.4 is 0 Å². The maximum absolute atomic E-state index is 13.5. The van der Waals surface area contributed by atoms with Crippen molar-refractivity contribution in [3.63, 3.8) is 0 Å². The molecular weight excluding hydrogens is 488 g/mol. The number of aromatic hydroxyl groups is 6. The van der Waals surface area contributed by atoms with Crippen molar-refractivity contribution in [2.45, 2.75) is 26.7 Å². The fraction of sp³-hybridized carbons (Fsp3) is 0.133. The molecule has 0 atom stereocenters. The average Bonchev–Trinajstić information content (AvgIpc) is 2.79. The molecule has 190 valence electrons. The minimum absolute atomic E-state index is 0.0275. The lowest BCUT2D eigenvalue weighted by Crippen LogP contribution is -2.19. The first-order valence-electron chi connectivity index (χ1n) is 11.9. The highest BCUT2D eigenvalue weighted by Crippen LogP contribution is 2.52. The predicted octanol–water partition coefficient (Wildman–Crippen LogP) is 4.47. The molecule has 4 aromatic rings. The van der Waals surface area contributed by atoms with Gasteiger partial charge in [-0.2, -0.15) is 0 Å². The molecule has 2 aliphatic rings. The first-order valence-corrected chi connectivity index (χ1v) is 11.9. The number of carbonyl (C=O) groups excluding carboxylic acids is 2. The molecule has 0 unspecified atom stereocenters. The van der Waals surface area contributed by atoms with E-state index < -0.39 is 34.6 Å². The Labute approximate surface area is 216 Å². The summed E-state index contributed by atoms with van der Waals surface area (Å²) >= 11 is 0. The smallest absolute Gasteiger partial charge is 0.201 e. The van der Waals surface area contributed by atoms with Crippen LogP contribution in [0, 0.1) is 13.8 Å². The Balaban J connectivity index is 1.67. The summed E-state index contributed by atoms with van der Waals surface area (Å²) in [5, 5.41) is 64.5. The summed E-state index contributed by atoms with van der Waals surface area (Å²) in [6, 6.07) is 8.30. The van der Waals surface area contributed by atoms with Crippen molar-refractivity contribution in [3.8, 4) is 45.6 Å². The Hall–Kier alpha value is -4.98. The summed E-state index contributed by atoms with van der Waals surface area (Å²) in [5.41, 5.74) is 2.63. The number of hydrogen-bond acceptors (Lipinski definition) is 8. The molecule has 4 aromatic carbocycles. The van der Waals surface area contributed by atoms with Gasteiger partial charge in [0.2, 0.25) is 11.6 Å². The zero-order valence-corrected chi connectivity index (χ0v) is 20.4. The third-order valence-corrected chi connectivity index (χ3v) is 7.36. The fourth-order valence-corrected chi connectivity index (χ4v) is 5.95. The molecule has 0 spiro atoms. The molecule has 0 heterocycles. The second-order valence-corrected chi connectivity index (χ2v) is 9.93. The first kappa shape index (κ1) is 23.4. The van der Waals surface area contributed by atoms with Gasteiger partial charge in [0.15, 0.2) is 0 Å². The molecule has 0 radical (unpaired) electrons. The van der Waals surface area contributed by atoms with Crippen LogP contribution in [0.25, 0.3) is 11.1 Å². The third-order valence-electron chi connectivity index (χ3n) is 7.36. The molecule has 38 heavy (non-hydrogen) atoms. The molecule has 0 aromatic heterocycles. The number of aryl methyl sites for hydroxylation is 2. The second kappa shape index (κ2) is 7.76. The molecule has 0 fully saturated rings. The highest BCUT2D eigenvalue weighted by molar-refractivity contribution is 6.19. The van der Waals surface area contributed by atoms with E-state index in [1.54, 1.807) is 26.0 Å². The van der Waals surface area contributed by atoms with E-state index in [0.717, 1.165) is 12.1 Å². The Morgan fingerprint density at radius 1 is 0.447 bits per heavy atom. The molecular formula is C30H22O8. The van der Waals surface area contributed by atoms with Gasteiger partial charge in [-0.05, 0) is 72.2 Å². The van der Waals surface area contributed by atoms with Crippen molar-refractivity contribution in [1.82, 2.24) is 0 Å². The van der Waals surface area contributed by atoms with E-state index in [4.69, 9.17) is 0 Å². The quantitative estimate of drug-likeness (QED) is 0.189. The van der Waals surface area contributed by atoms with Crippen LogP contribution in [0.2, 0.25) is 0 Å². The zero-order chi connectivity index (χ0) is 27.2. The Bertz CT molecular complexity index is 1650. The van der Waals surface area contributed by atoms with Gasteiger partial charge in [-0.1, -0.05) is 12.1 Å². The monoisotopic (exact) mass is 510 g/mol. The largest absolute Gasteiger partial charge is 0.507 e. The Morgan fingerprint density at radius 2 is 0.763 bits per heavy atom. The van der Waals surface area contributed by atoms with Gasteiger partial charge in [0.1, 0.15) is 34.5 Å². The molecule has 8 heteroatoms. The van der Waals surface area contributed by atoms with Gasteiger partial charge in [-0.15, -0.1) is 0 Å². The van der Waals surface area contributed by atoms with E-state index in [2.05, 4.69) is 0 Å². The molecule has 0 aliphatic heterocycles. The van der Waals surface area contributed by atoms with Crippen molar-refractivity contribution in [2.75, 3.05) is 0 Å². The minimum atomic E-state index is -0.647. The number of rotatable bonds is 1. The normalized spacial score (nSPS) is 13.5. The summed E-state index contributed by atoms with van der Waals surface area (Å²) in [7, 11) is 0. The highest BCUT2D eigenvalue weighted by Gasteiger charge is 2.37. The van der Waals surface area contributed by atoms with Crippen molar-refractivity contribution in [1.29, 1.82) is 0 Å². The van der Waals surface area contributed by atoms with Crippen LogP contribution in [0.1, 0.15) is 65.2 Å². The van der Waals surface area contributed by atoms with Gasteiger partial charge in [0.25, 0.3) is 0 Å². The van der Waals surface area contributed by atoms with Crippen LogP contribution in [-0.2, 0) is 12.8 Å². The number of fused-ring (bicyclic) bond motifs is 4. The van der Waals surface area contributed by atoms with Crippen molar-refractivity contribution in [3.05, 3.63) is 92.0 Å². The number of ketones is 2. The van der Waals surface area contributed by atoms with Crippen molar-refractivity contribution < 1.29 is 40.2 Å². The summed E-state index contributed by atoms with van der Waals surface area (Å²) < 4.78 is 0. The number of benzene rings is 4. The van der Waals surface area contributed by atoms with Crippen LogP contribution in [0.15, 0.2) is 36.4 Å². The van der Waals surface area contributed by atoms with E-state index in [9.17, 15) is 40.2 Å². The SMILES string of the molecule is Cc1cc(O)c2c(c1)Cc1c(c(O)cc(O)c1-c1c(O)cc(O)c3c1Cc1cc(C)cc(O)c1C3=O)C2=O. The van der Waals surface area contributed by atoms with Gasteiger partial charge in [0.05, 0.1) is 22.3 Å². The zero-order valence-electron chi connectivity index (χ0n) is 20.4. The fourth-order valence-electron chi connectivity index (χ4n) is 5.95. The van der Waals surface area contributed by atoms with Crippen LogP contribution in [0.3, 0.4) is 0 Å². The summed E-state index contributed by atoms with van der Waals surface area (Å²) in [6.07, 6.45) is 0.0604. The number of phenolic OH excluding ortho intramolecular Hbond substituents is 6. The molecule has 8 nitrogen and oxygen atoms in total. The Morgan fingerprint density at radius 3 is 1.13 bits per heavy atom. The van der Waals surface area contributed by atoms with Crippen LogP contribution in [-0.4, -0.2) is 42.2 Å². The maximum atomic E-state index is 13.5. The summed E-state index contributed by atoms with van der Waals surface area (Å²) in [5.74, 6) is -3.63. The second-order valence-electron chi connectivity index (χ2n) is 9.93. The lowest BCUT2D eigenvalue weighted by molar-refractivity contribution is 0.102. The van der Waals surface area contributed by atoms with E-state index in [-0.39, 0.29) is 68.8 Å². The topological polar surface area (TPSA) is 156 Å². The van der Waals surface area contributed by atoms with Crippen LogP contribution in [0.4, 0.5) is 0 Å². The molecule has 0 saturated heterocycles. The van der Waals surface area contributed by atoms with Crippen LogP contribution >= 0.6 is 0 Å². The lowest BCUT2D eigenvalue weighted by Gasteiger charge is -2.28. The first-order chi connectivity index (χ1) is 18.0. The van der Waals surface area contributed by atoms with Crippen molar-refractivity contribution in [2.24, 2.45) is 0 Å². The number of hydrogen-bond donors (Lipinski definition) is 6. The molecule has 0 saturated carbocycles. The molecule has 2 aliphatic carbocycles. The molecule has 0 bridgehead atoms. The van der Waals surface area contributed by atoms with E-state index >= 15 is 0 Å². The van der Waals surface area contributed by atoms with E-state index in [0.29, 0.717) is 22.3 Å². The minimum Gasteiger partial charge on any atom is -0.507 e. The van der Waals surface area contributed by atoms with Gasteiger partial charge < -0.3 is 30.6 Å². The van der Waals surface area contributed by atoms with Gasteiger partial charge in [-0.3, -0.25) is 9.59 Å². The van der Waals surface area contributed by atoms with Crippen molar-refractivity contribution >= 4 is 11.6 Å². The number of carbonyl (C=O) groups is 2. The number of phenols is 6. The maximum Gasteiger partial charge on any atom is 0.201 e. The van der Waals surface area contributed by atoms with Crippen LogP contribution in [0.5, 0.6) is 34.5 Å². The highest BCUT2D eigenvalue weighted by atomic mass is 16.3. The lowest BCUT2D eigenvalue weighted by atomic mass is 9.75. The van der Waals surface area contributed by atoms with Gasteiger partial charge >= 0.3 is 0 Å². The third kappa shape index (κ3) is 3.10. The Kier molecular flexibility index (Phi) is 4.78. The standard InChI is InChI=1S/C30H22O8/c1-11-3-13-7-15-25(19(33)9-21(35)27(15)29(37)23(13)17(31)5-11)26-16-8-14-4-12(2)6-18(32)24(14)30(38)28(16)22(36)10-20(26)34/h3-6,9-10,31-36H,7-8H2,1-2H3. The van der Waals surface area contributed by atoms with Gasteiger partial charge in [-0.25, -0.2) is 0 Å². The molecule has 0 amide bonds. The van der Waals surface area contributed by atoms with Gasteiger partial charge in [0, 0.05) is 23.3 Å².